The second-order valence-corrected chi connectivity index (χ2v) is 5.50. The summed E-state index contributed by atoms with van der Waals surface area (Å²) in [5.74, 6) is -0.304. The lowest BCUT2D eigenvalue weighted by Gasteiger charge is -2.23. The summed E-state index contributed by atoms with van der Waals surface area (Å²) < 4.78 is 5.23. The zero-order valence-electron chi connectivity index (χ0n) is 12.0. The molecule has 0 aliphatic heterocycles. The van der Waals surface area contributed by atoms with Crippen molar-refractivity contribution in [3.63, 3.8) is 0 Å². The Labute approximate surface area is 120 Å². The van der Waals surface area contributed by atoms with E-state index in [-0.39, 0.29) is 6.61 Å². The number of nitrogens with one attached hydrogen (secondary N) is 1. The topological polar surface area (TPSA) is 58.6 Å². The summed E-state index contributed by atoms with van der Waals surface area (Å²) in [6.07, 6.45) is 6.59. The summed E-state index contributed by atoms with van der Waals surface area (Å²) >= 11 is 0. The van der Waals surface area contributed by atoms with Crippen LogP contribution in [-0.2, 0) is 11.3 Å². The molecule has 0 unspecified atom stereocenters. The zero-order valence-corrected chi connectivity index (χ0v) is 12.0. The molecule has 1 aliphatic rings. The molecule has 1 aromatic carbocycles. The molecule has 0 spiro atoms. The average Bonchev–Trinajstić information content (AvgIpc) is 2.45. The molecule has 0 atom stereocenters. The third-order valence-electron chi connectivity index (χ3n) is 3.79. The van der Waals surface area contributed by atoms with E-state index in [0.717, 1.165) is 12.1 Å². The van der Waals surface area contributed by atoms with Crippen LogP contribution in [0, 0.1) is 6.92 Å². The highest BCUT2D eigenvalue weighted by atomic mass is 16.5. The summed E-state index contributed by atoms with van der Waals surface area (Å²) in [6, 6.07) is 6.57. The molecule has 0 amide bonds. The molecule has 1 fully saturated rings. The Morgan fingerprint density at radius 1 is 1.35 bits per heavy atom. The minimum atomic E-state index is -0.951. The molecule has 1 aliphatic carbocycles. The number of carboxylic acid groups (broad SMARTS) is 1. The van der Waals surface area contributed by atoms with Crippen LogP contribution in [0.3, 0.4) is 0 Å². The fourth-order valence-electron chi connectivity index (χ4n) is 2.69. The largest absolute Gasteiger partial charge is 0.482 e. The number of rotatable bonds is 6. The van der Waals surface area contributed by atoms with Crippen LogP contribution in [-0.4, -0.2) is 23.7 Å². The highest BCUT2D eigenvalue weighted by Crippen LogP contribution is 2.21. The molecule has 110 valence electrons. The smallest absolute Gasteiger partial charge is 0.341 e. The highest BCUT2D eigenvalue weighted by molar-refractivity contribution is 5.68. The highest BCUT2D eigenvalue weighted by Gasteiger charge is 2.12. The second kappa shape index (κ2) is 7.29. The number of hydrogen-bond donors (Lipinski definition) is 2. The minimum Gasteiger partial charge on any atom is -0.482 e. The van der Waals surface area contributed by atoms with Gasteiger partial charge < -0.3 is 15.2 Å². The monoisotopic (exact) mass is 277 g/mol. The van der Waals surface area contributed by atoms with Gasteiger partial charge in [-0.25, -0.2) is 4.79 Å². The fraction of sp³-hybridized carbons (Fsp3) is 0.562. The number of carbonyl (C=O) groups is 1. The Hall–Kier alpha value is -1.55. The van der Waals surface area contributed by atoms with Crippen molar-refractivity contribution in [3.8, 4) is 5.75 Å². The standard InChI is InChI=1S/C16H23NO3/c1-12-9-13(7-8-15(12)20-11-16(18)19)10-17-14-5-3-2-4-6-14/h7-9,14,17H,2-6,10-11H2,1H3,(H,18,19). The summed E-state index contributed by atoms with van der Waals surface area (Å²) in [7, 11) is 0. The van der Waals surface area contributed by atoms with Crippen molar-refractivity contribution in [2.24, 2.45) is 0 Å². The van der Waals surface area contributed by atoms with Gasteiger partial charge in [-0.1, -0.05) is 31.4 Å². The molecular formula is C16H23NO3. The number of carboxylic acids is 1. The molecule has 1 aromatic rings. The minimum absolute atomic E-state index is 0.291. The Balaban J connectivity index is 1.86. The molecule has 4 nitrogen and oxygen atoms in total. The van der Waals surface area contributed by atoms with E-state index in [1.54, 1.807) is 0 Å². The van der Waals surface area contributed by atoms with Crippen LogP contribution >= 0.6 is 0 Å². The van der Waals surface area contributed by atoms with E-state index in [9.17, 15) is 4.79 Å². The first-order valence-corrected chi connectivity index (χ1v) is 7.32. The Kier molecular flexibility index (Phi) is 5.41. The maximum absolute atomic E-state index is 10.5. The van der Waals surface area contributed by atoms with Crippen molar-refractivity contribution in [3.05, 3.63) is 29.3 Å². The summed E-state index contributed by atoms with van der Waals surface area (Å²) in [5.41, 5.74) is 2.20. The average molecular weight is 277 g/mol. The SMILES string of the molecule is Cc1cc(CNC2CCCCC2)ccc1OCC(=O)O. The van der Waals surface area contributed by atoms with E-state index in [1.807, 2.05) is 19.1 Å². The molecule has 2 N–H and O–H groups in total. The third kappa shape index (κ3) is 4.53. The van der Waals surface area contributed by atoms with Gasteiger partial charge in [0.05, 0.1) is 0 Å². The van der Waals surface area contributed by atoms with Crippen LogP contribution in [0.25, 0.3) is 0 Å². The number of benzene rings is 1. The lowest BCUT2D eigenvalue weighted by molar-refractivity contribution is -0.139. The fourth-order valence-corrected chi connectivity index (χ4v) is 2.69. The van der Waals surface area contributed by atoms with Crippen LogP contribution < -0.4 is 10.1 Å². The van der Waals surface area contributed by atoms with E-state index in [1.165, 1.54) is 37.7 Å². The van der Waals surface area contributed by atoms with E-state index >= 15 is 0 Å². The van der Waals surface area contributed by atoms with E-state index < -0.39 is 5.97 Å². The molecule has 4 heteroatoms. The molecule has 0 saturated heterocycles. The van der Waals surface area contributed by atoms with Gasteiger partial charge in [0.15, 0.2) is 6.61 Å². The van der Waals surface area contributed by atoms with Gasteiger partial charge in [0.2, 0.25) is 0 Å². The van der Waals surface area contributed by atoms with Gasteiger partial charge >= 0.3 is 5.97 Å². The van der Waals surface area contributed by atoms with Crippen molar-refractivity contribution < 1.29 is 14.6 Å². The molecular weight excluding hydrogens is 254 g/mol. The van der Waals surface area contributed by atoms with E-state index in [0.29, 0.717) is 11.8 Å². The zero-order chi connectivity index (χ0) is 14.4. The second-order valence-electron chi connectivity index (χ2n) is 5.50. The predicted molar refractivity (Wildman–Crippen MR) is 78.0 cm³/mol. The molecule has 0 bridgehead atoms. The van der Waals surface area contributed by atoms with Crippen LogP contribution in [0.5, 0.6) is 5.75 Å². The van der Waals surface area contributed by atoms with Gasteiger partial charge in [-0.05, 0) is 37.0 Å². The first kappa shape index (κ1) is 14.9. The van der Waals surface area contributed by atoms with Crippen LogP contribution in [0.15, 0.2) is 18.2 Å². The molecule has 1 saturated carbocycles. The first-order chi connectivity index (χ1) is 9.65. The predicted octanol–water partition coefficient (Wildman–Crippen LogP) is 2.88. The van der Waals surface area contributed by atoms with Gasteiger partial charge in [0.25, 0.3) is 0 Å². The van der Waals surface area contributed by atoms with Crippen molar-refractivity contribution >= 4 is 5.97 Å². The summed E-state index contributed by atoms with van der Waals surface area (Å²) in [4.78, 5) is 10.5. The lowest BCUT2D eigenvalue weighted by Crippen LogP contribution is -2.30. The summed E-state index contributed by atoms with van der Waals surface area (Å²) in [5, 5.41) is 12.2. The lowest BCUT2D eigenvalue weighted by atomic mass is 9.95. The van der Waals surface area contributed by atoms with Gasteiger partial charge in [0.1, 0.15) is 5.75 Å². The summed E-state index contributed by atoms with van der Waals surface area (Å²) in [6.45, 7) is 2.52. The van der Waals surface area contributed by atoms with E-state index in [4.69, 9.17) is 9.84 Å². The molecule has 20 heavy (non-hydrogen) atoms. The normalized spacial score (nSPS) is 16.1. The van der Waals surface area contributed by atoms with Gasteiger partial charge in [-0.3, -0.25) is 0 Å². The number of ether oxygens (including phenoxy) is 1. The van der Waals surface area contributed by atoms with Crippen molar-refractivity contribution in [1.29, 1.82) is 0 Å². The van der Waals surface area contributed by atoms with Crippen LogP contribution in [0.1, 0.15) is 43.2 Å². The molecule has 0 radical (unpaired) electrons. The quantitative estimate of drug-likeness (QED) is 0.839. The Bertz CT molecular complexity index is 453. The maximum atomic E-state index is 10.5. The first-order valence-electron chi connectivity index (χ1n) is 7.32. The van der Waals surface area contributed by atoms with Gasteiger partial charge in [-0.2, -0.15) is 0 Å². The number of hydrogen-bond acceptors (Lipinski definition) is 3. The maximum Gasteiger partial charge on any atom is 0.341 e. The van der Waals surface area contributed by atoms with Crippen LogP contribution in [0.4, 0.5) is 0 Å². The van der Waals surface area contributed by atoms with Crippen molar-refractivity contribution in [2.75, 3.05) is 6.61 Å². The van der Waals surface area contributed by atoms with E-state index in [2.05, 4.69) is 11.4 Å². The Morgan fingerprint density at radius 2 is 2.10 bits per heavy atom. The van der Waals surface area contributed by atoms with Crippen LogP contribution in [0.2, 0.25) is 0 Å². The molecule has 0 aromatic heterocycles. The van der Waals surface area contributed by atoms with Crippen molar-refractivity contribution in [2.45, 2.75) is 51.6 Å². The molecule has 2 rings (SSSR count). The van der Waals surface area contributed by atoms with Crippen molar-refractivity contribution in [1.82, 2.24) is 5.32 Å². The number of aryl methyl sites for hydroxylation is 1. The molecule has 0 heterocycles. The van der Waals surface area contributed by atoms with Gasteiger partial charge in [-0.15, -0.1) is 0 Å². The number of aliphatic carboxylic acids is 1. The third-order valence-corrected chi connectivity index (χ3v) is 3.79. The Morgan fingerprint density at radius 3 is 2.75 bits per heavy atom. The van der Waals surface area contributed by atoms with Gasteiger partial charge in [0, 0.05) is 12.6 Å².